The highest BCUT2D eigenvalue weighted by atomic mass is 15.4. The molecule has 92 valence electrons. The molecule has 7 nitrogen and oxygen atoms in total. The maximum absolute atomic E-state index is 5.91. The summed E-state index contributed by atoms with van der Waals surface area (Å²) in [5.74, 6) is 0.876. The van der Waals surface area contributed by atoms with Crippen LogP contribution < -0.4 is 11.1 Å². The van der Waals surface area contributed by atoms with E-state index in [-0.39, 0.29) is 0 Å². The van der Waals surface area contributed by atoms with Crippen LogP contribution in [-0.2, 0) is 13.6 Å². The molecule has 0 aliphatic carbocycles. The minimum Gasteiger partial charge on any atom is -0.394 e. The molecule has 0 aliphatic heterocycles. The molecule has 2 aromatic rings. The van der Waals surface area contributed by atoms with Crippen molar-refractivity contribution >= 4 is 11.5 Å². The number of anilines is 2. The molecule has 0 radical (unpaired) electrons. The molecule has 0 saturated heterocycles. The van der Waals surface area contributed by atoms with E-state index in [1.54, 1.807) is 15.6 Å². The van der Waals surface area contributed by atoms with Crippen LogP contribution in [0.2, 0.25) is 0 Å². The van der Waals surface area contributed by atoms with E-state index in [1.807, 2.05) is 20.2 Å². The first-order chi connectivity index (χ1) is 8.18. The van der Waals surface area contributed by atoms with Crippen LogP contribution in [0.25, 0.3) is 0 Å². The lowest BCUT2D eigenvalue weighted by molar-refractivity contribution is 0.568. The SMILES string of the molecule is Cc1nn(C)c(NCCCn2ccnn2)c1N. The van der Waals surface area contributed by atoms with E-state index in [1.165, 1.54) is 0 Å². The number of nitrogens with zero attached hydrogens (tertiary/aromatic N) is 5. The van der Waals surface area contributed by atoms with Gasteiger partial charge in [-0.05, 0) is 13.3 Å². The van der Waals surface area contributed by atoms with Gasteiger partial charge in [0.15, 0.2) is 0 Å². The lowest BCUT2D eigenvalue weighted by atomic mass is 10.3. The van der Waals surface area contributed by atoms with E-state index in [2.05, 4.69) is 20.7 Å². The van der Waals surface area contributed by atoms with Crippen LogP contribution >= 0.6 is 0 Å². The Kier molecular flexibility index (Phi) is 3.27. The average Bonchev–Trinajstić information content (AvgIpc) is 2.87. The molecule has 0 amide bonds. The van der Waals surface area contributed by atoms with Crippen molar-refractivity contribution in [2.24, 2.45) is 7.05 Å². The minimum atomic E-state index is 0.716. The second-order valence-electron chi connectivity index (χ2n) is 3.92. The third kappa shape index (κ3) is 2.55. The van der Waals surface area contributed by atoms with Gasteiger partial charge in [-0.25, -0.2) is 0 Å². The zero-order valence-electron chi connectivity index (χ0n) is 10.1. The standard InChI is InChI=1S/C10H17N7/c1-8-9(11)10(16(2)14-8)12-4-3-6-17-7-5-13-15-17/h5,7,12H,3-4,6,11H2,1-2H3. The average molecular weight is 235 g/mol. The smallest absolute Gasteiger partial charge is 0.147 e. The number of rotatable bonds is 5. The van der Waals surface area contributed by atoms with Crippen molar-refractivity contribution in [3.05, 3.63) is 18.1 Å². The van der Waals surface area contributed by atoms with Gasteiger partial charge < -0.3 is 11.1 Å². The van der Waals surface area contributed by atoms with Crippen molar-refractivity contribution in [2.45, 2.75) is 19.9 Å². The quantitative estimate of drug-likeness (QED) is 0.733. The molecule has 0 aliphatic rings. The molecule has 17 heavy (non-hydrogen) atoms. The fraction of sp³-hybridized carbons (Fsp3) is 0.500. The molecule has 7 heteroatoms. The van der Waals surface area contributed by atoms with Crippen LogP contribution in [0.1, 0.15) is 12.1 Å². The maximum Gasteiger partial charge on any atom is 0.147 e. The Bertz CT molecular complexity index is 471. The first-order valence-corrected chi connectivity index (χ1v) is 5.55. The van der Waals surface area contributed by atoms with E-state index in [0.717, 1.165) is 31.0 Å². The fourth-order valence-corrected chi connectivity index (χ4v) is 1.68. The summed E-state index contributed by atoms with van der Waals surface area (Å²) in [5.41, 5.74) is 7.48. The van der Waals surface area contributed by atoms with Crippen LogP contribution in [0.4, 0.5) is 11.5 Å². The summed E-state index contributed by atoms with van der Waals surface area (Å²) in [6, 6.07) is 0. The number of hydrogen-bond acceptors (Lipinski definition) is 5. The highest BCUT2D eigenvalue weighted by Crippen LogP contribution is 2.20. The summed E-state index contributed by atoms with van der Waals surface area (Å²) >= 11 is 0. The Balaban J connectivity index is 1.82. The third-order valence-electron chi connectivity index (χ3n) is 2.60. The third-order valence-corrected chi connectivity index (χ3v) is 2.60. The van der Waals surface area contributed by atoms with E-state index >= 15 is 0 Å². The predicted molar refractivity (Wildman–Crippen MR) is 65.5 cm³/mol. The molecule has 0 bridgehead atoms. The molecule has 2 rings (SSSR count). The monoisotopic (exact) mass is 235 g/mol. The Morgan fingerprint density at radius 2 is 2.29 bits per heavy atom. The van der Waals surface area contributed by atoms with Crippen molar-refractivity contribution in [1.82, 2.24) is 24.8 Å². The zero-order valence-corrected chi connectivity index (χ0v) is 10.1. The van der Waals surface area contributed by atoms with Crippen LogP contribution in [0.15, 0.2) is 12.4 Å². The van der Waals surface area contributed by atoms with Gasteiger partial charge in [0, 0.05) is 26.3 Å². The molecule has 3 N–H and O–H groups in total. The number of nitrogens with one attached hydrogen (secondary N) is 1. The molecule has 0 atom stereocenters. The Morgan fingerprint density at radius 3 is 2.88 bits per heavy atom. The van der Waals surface area contributed by atoms with Crippen molar-refractivity contribution in [3.8, 4) is 0 Å². The zero-order chi connectivity index (χ0) is 12.3. The van der Waals surface area contributed by atoms with Gasteiger partial charge in [-0.15, -0.1) is 5.10 Å². The molecular weight excluding hydrogens is 218 g/mol. The van der Waals surface area contributed by atoms with Crippen LogP contribution in [-0.4, -0.2) is 31.3 Å². The Labute approximate surface area is 99.6 Å². The Morgan fingerprint density at radius 1 is 1.47 bits per heavy atom. The summed E-state index contributed by atoms with van der Waals surface area (Å²) in [7, 11) is 1.88. The largest absolute Gasteiger partial charge is 0.394 e. The van der Waals surface area contributed by atoms with Crippen molar-refractivity contribution < 1.29 is 0 Å². The molecule has 0 unspecified atom stereocenters. The molecule has 2 heterocycles. The first kappa shape index (κ1) is 11.4. The summed E-state index contributed by atoms with van der Waals surface area (Å²) in [5, 5.41) is 15.2. The second kappa shape index (κ2) is 4.86. The van der Waals surface area contributed by atoms with Gasteiger partial charge in [0.25, 0.3) is 0 Å². The number of nitrogen functional groups attached to an aromatic ring is 1. The maximum atomic E-state index is 5.91. The van der Waals surface area contributed by atoms with E-state index in [0.29, 0.717) is 5.69 Å². The lowest BCUT2D eigenvalue weighted by Gasteiger charge is -2.07. The van der Waals surface area contributed by atoms with Gasteiger partial charge in [0.2, 0.25) is 0 Å². The van der Waals surface area contributed by atoms with Crippen LogP contribution in [0.5, 0.6) is 0 Å². The topological polar surface area (TPSA) is 86.6 Å². The highest BCUT2D eigenvalue weighted by molar-refractivity contribution is 5.64. The van der Waals surface area contributed by atoms with Crippen molar-refractivity contribution in [1.29, 1.82) is 0 Å². The summed E-state index contributed by atoms with van der Waals surface area (Å²) in [6.45, 7) is 3.56. The van der Waals surface area contributed by atoms with Crippen LogP contribution in [0.3, 0.4) is 0 Å². The van der Waals surface area contributed by atoms with Gasteiger partial charge in [0.05, 0.1) is 17.6 Å². The van der Waals surface area contributed by atoms with Gasteiger partial charge in [-0.1, -0.05) is 5.21 Å². The minimum absolute atomic E-state index is 0.716. The number of aromatic nitrogens is 5. The van der Waals surface area contributed by atoms with Crippen molar-refractivity contribution in [3.63, 3.8) is 0 Å². The number of nitrogens with two attached hydrogens (primary N) is 1. The predicted octanol–water partition coefficient (Wildman–Crippen LogP) is 0.404. The number of aryl methyl sites for hydroxylation is 3. The molecular formula is C10H17N7. The van der Waals surface area contributed by atoms with E-state index in [9.17, 15) is 0 Å². The van der Waals surface area contributed by atoms with Crippen LogP contribution in [0, 0.1) is 6.92 Å². The van der Waals surface area contributed by atoms with Gasteiger partial charge in [-0.3, -0.25) is 9.36 Å². The highest BCUT2D eigenvalue weighted by Gasteiger charge is 2.08. The molecule has 0 saturated carbocycles. The molecule has 0 fully saturated rings. The molecule has 0 aromatic carbocycles. The van der Waals surface area contributed by atoms with Crippen molar-refractivity contribution in [2.75, 3.05) is 17.6 Å². The van der Waals surface area contributed by atoms with Gasteiger partial charge in [0.1, 0.15) is 5.82 Å². The molecule has 2 aromatic heterocycles. The first-order valence-electron chi connectivity index (χ1n) is 5.55. The van der Waals surface area contributed by atoms with Gasteiger partial charge >= 0.3 is 0 Å². The second-order valence-corrected chi connectivity index (χ2v) is 3.92. The number of hydrogen-bond donors (Lipinski definition) is 2. The van der Waals surface area contributed by atoms with Gasteiger partial charge in [-0.2, -0.15) is 5.10 Å². The summed E-state index contributed by atoms with van der Waals surface area (Å²) in [6.07, 6.45) is 4.48. The van der Waals surface area contributed by atoms with E-state index in [4.69, 9.17) is 5.73 Å². The fourth-order valence-electron chi connectivity index (χ4n) is 1.68. The normalized spacial score (nSPS) is 10.7. The summed E-state index contributed by atoms with van der Waals surface area (Å²) in [4.78, 5) is 0. The van der Waals surface area contributed by atoms with E-state index < -0.39 is 0 Å². The summed E-state index contributed by atoms with van der Waals surface area (Å²) < 4.78 is 3.57. The Hall–Kier alpha value is -2.05. The molecule has 0 spiro atoms. The lowest BCUT2D eigenvalue weighted by Crippen LogP contribution is -2.10.